The maximum Gasteiger partial charge on any atom is 0.269 e. The maximum atomic E-state index is 13.1. The SMILES string of the molecule is CC(NO)c1cc([N+](=O)[O-])ccc1F. The molecule has 1 unspecified atom stereocenters. The summed E-state index contributed by atoms with van der Waals surface area (Å²) in [5.74, 6) is -0.593. The van der Waals surface area contributed by atoms with E-state index in [0.717, 1.165) is 18.2 Å². The molecule has 5 nitrogen and oxygen atoms in total. The van der Waals surface area contributed by atoms with Crippen molar-refractivity contribution in [3.8, 4) is 0 Å². The molecular formula is C8H9FN2O3. The average molecular weight is 200 g/mol. The first-order valence-corrected chi connectivity index (χ1v) is 3.89. The van der Waals surface area contributed by atoms with Crippen LogP contribution < -0.4 is 5.48 Å². The molecule has 0 aliphatic carbocycles. The summed E-state index contributed by atoms with van der Waals surface area (Å²) in [6.45, 7) is 1.49. The fraction of sp³-hybridized carbons (Fsp3) is 0.250. The molecule has 0 heterocycles. The fourth-order valence-corrected chi connectivity index (χ4v) is 1.05. The Morgan fingerprint density at radius 2 is 2.29 bits per heavy atom. The summed E-state index contributed by atoms with van der Waals surface area (Å²) in [5, 5.41) is 18.9. The van der Waals surface area contributed by atoms with Crippen molar-refractivity contribution in [1.82, 2.24) is 5.48 Å². The van der Waals surface area contributed by atoms with Gasteiger partial charge in [0.25, 0.3) is 5.69 Å². The highest BCUT2D eigenvalue weighted by Gasteiger charge is 2.14. The van der Waals surface area contributed by atoms with Gasteiger partial charge >= 0.3 is 0 Å². The third-order valence-corrected chi connectivity index (χ3v) is 1.85. The average Bonchev–Trinajstić information content (AvgIpc) is 2.17. The van der Waals surface area contributed by atoms with Crippen molar-refractivity contribution in [2.45, 2.75) is 13.0 Å². The lowest BCUT2D eigenvalue weighted by Crippen LogP contribution is -2.14. The Balaban J connectivity index is 3.14. The standard InChI is InChI=1S/C8H9FN2O3/c1-5(10-12)7-4-6(11(13)14)2-3-8(7)9/h2-5,10,12H,1H3. The van der Waals surface area contributed by atoms with Crippen LogP contribution in [0.3, 0.4) is 0 Å². The van der Waals surface area contributed by atoms with Crippen molar-refractivity contribution < 1.29 is 14.5 Å². The van der Waals surface area contributed by atoms with Gasteiger partial charge in [0.2, 0.25) is 0 Å². The maximum absolute atomic E-state index is 13.1. The summed E-state index contributed by atoms with van der Waals surface area (Å²) in [7, 11) is 0. The van der Waals surface area contributed by atoms with Crippen LogP contribution in [0.2, 0.25) is 0 Å². The van der Waals surface area contributed by atoms with Crippen molar-refractivity contribution in [3.05, 3.63) is 39.7 Å². The van der Waals surface area contributed by atoms with Gasteiger partial charge in [0, 0.05) is 17.7 Å². The van der Waals surface area contributed by atoms with E-state index in [1.54, 1.807) is 0 Å². The zero-order valence-corrected chi connectivity index (χ0v) is 7.40. The number of hydrogen-bond acceptors (Lipinski definition) is 4. The minimum atomic E-state index is -0.685. The van der Waals surface area contributed by atoms with E-state index >= 15 is 0 Å². The quantitative estimate of drug-likeness (QED) is 0.576. The van der Waals surface area contributed by atoms with E-state index in [1.807, 2.05) is 5.48 Å². The molecule has 14 heavy (non-hydrogen) atoms. The number of nitrogens with one attached hydrogen (secondary N) is 1. The van der Waals surface area contributed by atoms with Gasteiger partial charge in [-0.3, -0.25) is 10.1 Å². The normalized spacial score (nSPS) is 12.5. The second-order valence-corrected chi connectivity index (χ2v) is 2.81. The van der Waals surface area contributed by atoms with Crippen molar-refractivity contribution >= 4 is 5.69 Å². The topological polar surface area (TPSA) is 75.4 Å². The molecule has 0 aromatic heterocycles. The van der Waals surface area contributed by atoms with Crippen LogP contribution in [0.4, 0.5) is 10.1 Å². The highest BCUT2D eigenvalue weighted by atomic mass is 19.1. The molecule has 1 aromatic rings. The number of nitrogens with zero attached hydrogens (tertiary/aromatic N) is 1. The van der Waals surface area contributed by atoms with Gasteiger partial charge in [-0.15, -0.1) is 0 Å². The predicted molar refractivity (Wildman–Crippen MR) is 46.4 cm³/mol. The van der Waals surface area contributed by atoms with E-state index in [-0.39, 0.29) is 11.3 Å². The molecule has 0 aliphatic rings. The monoisotopic (exact) mass is 200 g/mol. The lowest BCUT2D eigenvalue weighted by atomic mass is 10.1. The molecule has 6 heteroatoms. The van der Waals surface area contributed by atoms with Gasteiger partial charge in [-0.1, -0.05) is 0 Å². The molecule has 76 valence electrons. The van der Waals surface area contributed by atoms with E-state index in [2.05, 4.69) is 0 Å². The molecule has 2 N–H and O–H groups in total. The number of halogens is 1. The first kappa shape index (κ1) is 10.6. The predicted octanol–water partition coefficient (Wildman–Crippen LogP) is 1.77. The zero-order valence-electron chi connectivity index (χ0n) is 7.40. The van der Waals surface area contributed by atoms with Crippen molar-refractivity contribution in [2.24, 2.45) is 0 Å². The number of benzene rings is 1. The van der Waals surface area contributed by atoms with Gasteiger partial charge in [0.15, 0.2) is 0 Å². The molecule has 0 amide bonds. The van der Waals surface area contributed by atoms with Crippen molar-refractivity contribution in [2.75, 3.05) is 0 Å². The van der Waals surface area contributed by atoms with E-state index < -0.39 is 16.8 Å². The molecular weight excluding hydrogens is 191 g/mol. The lowest BCUT2D eigenvalue weighted by Gasteiger charge is -2.09. The highest BCUT2D eigenvalue weighted by Crippen LogP contribution is 2.21. The summed E-state index contributed by atoms with van der Waals surface area (Å²) < 4.78 is 13.1. The van der Waals surface area contributed by atoms with Crippen LogP contribution in [0, 0.1) is 15.9 Å². The van der Waals surface area contributed by atoms with Crippen LogP contribution in [0.25, 0.3) is 0 Å². The van der Waals surface area contributed by atoms with Gasteiger partial charge < -0.3 is 5.21 Å². The third-order valence-electron chi connectivity index (χ3n) is 1.85. The third kappa shape index (κ3) is 2.04. The summed E-state index contributed by atoms with van der Waals surface area (Å²) >= 11 is 0. The molecule has 1 rings (SSSR count). The molecule has 0 radical (unpaired) electrons. The lowest BCUT2D eigenvalue weighted by molar-refractivity contribution is -0.385. The van der Waals surface area contributed by atoms with Gasteiger partial charge in [-0.25, -0.2) is 4.39 Å². The molecule has 1 atom stereocenters. The Hall–Kier alpha value is -1.53. The Kier molecular flexibility index (Phi) is 3.10. The van der Waals surface area contributed by atoms with Gasteiger partial charge in [-0.2, -0.15) is 5.48 Å². The number of nitro benzene ring substituents is 1. The molecule has 0 saturated carbocycles. The number of non-ortho nitro benzene ring substituents is 1. The smallest absolute Gasteiger partial charge is 0.269 e. The van der Waals surface area contributed by atoms with Gasteiger partial charge in [-0.05, 0) is 13.0 Å². The van der Waals surface area contributed by atoms with Crippen LogP contribution >= 0.6 is 0 Å². The van der Waals surface area contributed by atoms with E-state index in [4.69, 9.17) is 5.21 Å². The first-order valence-electron chi connectivity index (χ1n) is 3.89. The first-order chi connectivity index (χ1) is 6.56. The van der Waals surface area contributed by atoms with Crippen LogP contribution in [-0.2, 0) is 0 Å². The van der Waals surface area contributed by atoms with Gasteiger partial charge in [0.05, 0.1) is 11.0 Å². The number of rotatable bonds is 3. The second-order valence-electron chi connectivity index (χ2n) is 2.81. The van der Waals surface area contributed by atoms with Crippen LogP contribution in [0.5, 0.6) is 0 Å². The molecule has 0 aliphatic heterocycles. The summed E-state index contributed by atoms with van der Waals surface area (Å²) in [6.07, 6.45) is 0. The number of nitro groups is 1. The second kappa shape index (κ2) is 4.12. The van der Waals surface area contributed by atoms with Crippen LogP contribution in [0.1, 0.15) is 18.5 Å². The molecule has 0 bridgehead atoms. The summed E-state index contributed by atoms with van der Waals surface area (Å²) in [4.78, 5) is 9.76. The fourth-order valence-electron chi connectivity index (χ4n) is 1.05. The minimum Gasteiger partial charge on any atom is -0.316 e. The Morgan fingerprint density at radius 3 is 2.79 bits per heavy atom. The van der Waals surface area contributed by atoms with Crippen molar-refractivity contribution in [3.63, 3.8) is 0 Å². The number of hydrogen-bond donors (Lipinski definition) is 2. The van der Waals surface area contributed by atoms with E-state index in [0.29, 0.717) is 0 Å². The zero-order chi connectivity index (χ0) is 10.7. The van der Waals surface area contributed by atoms with Crippen molar-refractivity contribution in [1.29, 1.82) is 0 Å². The van der Waals surface area contributed by atoms with Crippen LogP contribution in [-0.4, -0.2) is 10.1 Å². The van der Waals surface area contributed by atoms with E-state index in [1.165, 1.54) is 6.92 Å². The van der Waals surface area contributed by atoms with Crippen LogP contribution in [0.15, 0.2) is 18.2 Å². The number of hydroxylamine groups is 1. The molecule has 0 spiro atoms. The molecule has 0 fully saturated rings. The summed E-state index contributed by atoms with van der Waals surface area (Å²) in [5.41, 5.74) is 1.68. The molecule has 1 aromatic carbocycles. The summed E-state index contributed by atoms with van der Waals surface area (Å²) in [6, 6.07) is 2.47. The highest BCUT2D eigenvalue weighted by molar-refractivity contribution is 5.36. The van der Waals surface area contributed by atoms with E-state index in [9.17, 15) is 14.5 Å². The Bertz CT molecular complexity index is 356. The van der Waals surface area contributed by atoms with Gasteiger partial charge in [0.1, 0.15) is 5.82 Å². The largest absolute Gasteiger partial charge is 0.316 e. The molecule has 0 saturated heterocycles. The Labute approximate surface area is 79.3 Å². The Morgan fingerprint density at radius 1 is 1.64 bits per heavy atom. The minimum absolute atomic E-state index is 0.0571.